The number of rotatable bonds is 8. The zero-order valence-electron chi connectivity index (χ0n) is 10.3. The zero-order valence-corrected chi connectivity index (χ0v) is 10.3. The summed E-state index contributed by atoms with van der Waals surface area (Å²) >= 11 is 0. The van der Waals surface area contributed by atoms with E-state index in [9.17, 15) is 5.11 Å². The molecule has 0 aliphatic carbocycles. The van der Waals surface area contributed by atoms with Crippen LogP contribution in [0.5, 0.6) is 0 Å². The van der Waals surface area contributed by atoms with Gasteiger partial charge in [-0.1, -0.05) is 40.5 Å². The second kappa shape index (κ2) is 8.25. The zero-order chi connectivity index (χ0) is 11.0. The number of nitrogens with zero attached hydrogens (tertiary/aromatic N) is 1. The van der Waals surface area contributed by atoms with E-state index >= 15 is 0 Å². The summed E-state index contributed by atoms with van der Waals surface area (Å²) in [5.41, 5.74) is 0. The fraction of sp³-hybridized carbons (Fsp3) is 1.00. The third-order valence-corrected chi connectivity index (χ3v) is 2.57. The molecule has 1 unspecified atom stereocenters. The van der Waals surface area contributed by atoms with Crippen LogP contribution in [0.1, 0.15) is 53.4 Å². The molecule has 0 amide bonds. The number of aliphatic hydroxyl groups excluding tert-OH is 1. The summed E-state index contributed by atoms with van der Waals surface area (Å²) in [6.07, 6.45) is 4.52. The molecule has 1 N–H and O–H groups in total. The van der Waals surface area contributed by atoms with Crippen LogP contribution >= 0.6 is 0 Å². The van der Waals surface area contributed by atoms with Crippen molar-refractivity contribution in [3.8, 4) is 0 Å². The number of aliphatic hydroxyl groups is 1. The van der Waals surface area contributed by atoms with Crippen LogP contribution in [0.4, 0.5) is 0 Å². The van der Waals surface area contributed by atoms with Gasteiger partial charge in [-0.25, -0.2) is 0 Å². The first-order valence-corrected chi connectivity index (χ1v) is 6.05. The lowest BCUT2D eigenvalue weighted by molar-refractivity contribution is -0.0310. The summed E-state index contributed by atoms with van der Waals surface area (Å²) in [7, 11) is 0. The van der Waals surface area contributed by atoms with Crippen molar-refractivity contribution in [2.45, 2.75) is 59.6 Å². The highest BCUT2D eigenvalue weighted by Gasteiger charge is 2.17. The highest BCUT2D eigenvalue weighted by atomic mass is 16.3. The first kappa shape index (κ1) is 13.9. The van der Waals surface area contributed by atoms with E-state index in [1.165, 1.54) is 25.7 Å². The van der Waals surface area contributed by atoms with Crippen LogP contribution in [0.25, 0.3) is 0 Å². The van der Waals surface area contributed by atoms with Crippen LogP contribution in [0.15, 0.2) is 0 Å². The molecule has 0 aliphatic rings. The molecular weight excluding hydrogens is 174 g/mol. The fourth-order valence-electron chi connectivity index (χ4n) is 1.52. The van der Waals surface area contributed by atoms with Gasteiger partial charge in [0.25, 0.3) is 0 Å². The SMILES string of the molecule is CCCCN(CCCC)C(O)C(C)C. The lowest BCUT2D eigenvalue weighted by Gasteiger charge is -2.30. The molecule has 0 aromatic rings. The molecule has 0 aliphatic heterocycles. The number of hydrogen-bond donors (Lipinski definition) is 1. The van der Waals surface area contributed by atoms with E-state index < -0.39 is 0 Å². The third-order valence-electron chi connectivity index (χ3n) is 2.57. The average Bonchev–Trinajstić information content (AvgIpc) is 2.17. The predicted molar refractivity (Wildman–Crippen MR) is 62.2 cm³/mol. The molecule has 14 heavy (non-hydrogen) atoms. The maximum Gasteiger partial charge on any atom is 0.109 e. The highest BCUT2D eigenvalue weighted by Crippen LogP contribution is 2.10. The van der Waals surface area contributed by atoms with Crippen LogP contribution < -0.4 is 0 Å². The normalized spacial score (nSPS) is 13.9. The second-order valence-corrected chi connectivity index (χ2v) is 4.40. The Hall–Kier alpha value is -0.0800. The Morgan fingerprint density at radius 3 is 1.71 bits per heavy atom. The maximum atomic E-state index is 9.97. The molecule has 0 fully saturated rings. The van der Waals surface area contributed by atoms with E-state index in [-0.39, 0.29) is 6.23 Å². The Balaban J connectivity index is 3.94. The van der Waals surface area contributed by atoms with Crippen molar-refractivity contribution >= 4 is 0 Å². The van der Waals surface area contributed by atoms with Gasteiger partial charge in [-0.05, 0) is 18.8 Å². The number of hydrogen-bond acceptors (Lipinski definition) is 2. The van der Waals surface area contributed by atoms with E-state index in [0.29, 0.717) is 5.92 Å². The van der Waals surface area contributed by atoms with Gasteiger partial charge in [0.15, 0.2) is 0 Å². The summed E-state index contributed by atoms with van der Waals surface area (Å²) in [5, 5.41) is 9.97. The van der Waals surface area contributed by atoms with Gasteiger partial charge >= 0.3 is 0 Å². The van der Waals surface area contributed by atoms with Crippen LogP contribution in [0.3, 0.4) is 0 Å². The minimum atomic E-state index is -0.256. The predicted octanol–water partition coefficient (Wildman–Crippen LogP) is 2.86. The van der Waals surface area contributed by atoms with Crippen molar-refractivity contribution in [3.63, 3.8) is 0 Å². The molecule has 0 saturated carbocycles. The van der Waals surface area contributed by atoms with Crippen molar-refractivity contribution in [1.82, 2.24) is 4.90 Å². The van der Waals surface area contributed by atoms with Gasteiger partial charge in [0, 0.05) is 13.1 Å². The van der Waals surface area contributed by atoms with Crippen LogP contribution in [-0.4, -0.2) is 29.3 Å². The smallest absolute Gasteiger partial charge is 0.109 e. The van der Waals surface area contributed by atoms with Crippen LogP contribution in [0, 0.1) is 5.92 Å². The molecule has 0 bridgehead atoms. The van der Waals surface area contributed by atoms with Gasteiger partial charge in [-0.15, -0.1) is 0 Å². The van der Waals surface area contributed by atoms with E-state index in [0.717, 1.165) is 13.1 Å². The maximum absolute atomic E-state index is 9.97. The lowest BCUT2D eigenvalue weighted by atomic mass is 10.1. The molecule has 0 radical (unpaired) electrons. The molecule has 0 saturated heterocycles. The van der Waals surface area contributed by atoms with Crippen molar-refractivity contribution in [2.75, 3.05) is 13.1 Å². The summed E-state index contributed by atoms with van der Waals surface area (Å²) in [5.74, 6) is 0.337. The second-order valence-electron chi connectivity index (χ2n) is 4.40. The van der Waals surface area contributed by atoms with Gasteiger partial charge in [0.2, 0.25) is 0 Å². The minimum Gasteiger partial charge on any atom is -0.378 e. The highest BCUT2D eigenvalue weighted by molar-refractivity contribution is 4.64. The minimum absolute atomic E-state index is 0.256. The summed E-state index contributed by atoms with van der Waals surface area (Å²) in [6.45, 7) is 10.6. The Kier molecular flexibility index (Phi) is 8.20. The number of unbranched alkanes of at least 4 members (excludes halogenated alkanes) is 2. The Morgan fingerprint density at radius 1 is 1.00 bits per heavy atom. The molecule has 0 aromatic carbocycles. The van der Waals surface area contributed by atoms with E-state index in [1.807, 2.05) is 0 Å². The van der Waals surface area contributed by atoms with Crippen LogP contribution in [-0.2, 0) is 0 Å². The fourth-order valence-corrected chi connectivity index (χ4v) is 1.52. The summed E-state index contributed by atoms with van der Waals surface area (Å²) < 4.78 is 0. The summed E-state index contributed by atoms with van der Waals surface area (Å²) in [6, 6.07) is 0. The van der Waals surface area contributed by atoms with Gasteiger partial charge in [0.1, 0.15) is 6.23 Å². The van der Waals surface area contributed by atoms with Crippen LogP contribution in [0.2, 0.25) is 0 Å². The molecule has 86 valence electrons. The Morgan fingerprint density at radius 2 is 1.43 bits per heavy atom. The largest absolute Gasteiger partial charge is 0.378 e. The van der Waals surface area contributed by atoms with Crippen molar-refractivity contribution in [2.24, 2.45) is 5.92 Å². The molecule has 1 atom stereocenters. The molecular formula is C12H27NO. The molecule has 0 spiro atoms. The van der Waals surface area contributed by atoms with Gasteiger partial charge < -0.3 is 5.11 Å². The topological polar surface area (TPSA) is 23.5 Å². The van der Waals surface area contributed by atoms with Gasteiger partial charge in [0.05, 0.1) is 0 Å². The first-order chi connectivity index (χ1) is 6.63. The van der Waals surface area contributed by atoms with E-state index in [2.05, 4.69) is 32.6 Å². The molecule has 2 heteroatoms. The third kappa shape index (κ3) is 5.61. The van der Waals surface area contributed by atoms with Gasteiger partial charge in [-0.2, -0.15) is 0 Å². The quantitative estimate of drug-likeness (QED) is 0.610. The van der Waals surface area contributed by atoms with Crippen molar-refractivity contribution in [1.29, 1.82) is 0 Å². The Bertz CT molecular complexity index is 117. The van der Waals surface area contributed by atoms with E-state index in [1.54, 1.807) is 0 Å². The average molecular weight is 201 g/mol. The molecule has 0 aromatic heterocycles. The molecule has 0 heterocycles. The molecule has 2 nitrogen and oxygen atoms in total. The monoisotopic (exact) mass is 201 g/mol. The van der Waals surface area contributed by atoms with Crippen molar-refractivity contribution in [3.05, 3.63) is 0 Å². The summed E-state index contributed by atoms with van der Waals surface area (Å²) in [4.78, 5) is 2.22. The van der Waals surface area contributed by atoms with E-state index in [4.69, 9.17) is 0 Å². The van der Waals surface area contributed by atoms with Gasteiger partial charge in [-0.3, -0.25) is 4.90 Å². The first-order valence-electron chi connectivity index (χ1n) is 6.05. The Labute approximate surface area is 89.3 Å². The lowest BCUT2D eigenvalue weighted by Crippen LogP contribution is -2.40. The standard InChI is InChI=1S/C12H27NO/c1-5-7-9-13(10-8-6-2)12(14)11(3)4/h11-12,14H,5-10H2,1-4H3. The molecule has 0 rings (SSSR count). The van der Waals surface area contributed by atoms with Crippen molar-refractivity contribution < 1.29 is 5.11 Å².